The molecule has 3 rings (SSSR count). The van der Waals surface area contributed by atoms with E-state index in [1.54, 1.807) is 4.90 Å². The Bertz CT molecular complexity index is 592. The molecule has 6 nitrogen and oxygen atoms in total. The number of amides is 3. The van der Waals surface area contributed by atoms with Crippen LogP contribution in [0.5, 0.6) is 0 Å². The van der Waals surface area contributed by atoms with Crippen LogP contribution in [0.3, 0.4) is 0 Å². The molecule has 7 heteroatoms. The molecular weight excluding hydrogens is 325 g/mol. The normalized spacial score (nSPS) is 23.6. The van der Waals surface area contributed by atoms with Gasteiger partial charge < -0.3 is 19.9 Å². The summed E-state index contributed by atoms with van der Waals surface area (Å²) in [4.78, 5) is 28.1. The number of carbonyl (C=O) groups excluding carboxylic acids is 2. The van der Waals surface area contributed by atoms with E-state index in [9.17, 15) is 14.0 Å². The number of hydrogen-bond acceptors (Lipinski definition) is 3. The first kappa shape index (κ1) is 17.7. The number of likely N-dealkylation sites (tertiary alicyclic amines) is 1. The molecule has 1 N–H and O–H groups in total. The van der Waals surface area contributed by atoms with Crippen LogP contribution >= 0.6 is 0 Å². The van der Waals surface area contributed by atoms with Crippen LogP contribution in [0, 0.1) is 0 Å². The Hall–Kier alpha value is -2.15. The fourth-order valence-corrected chi connectivity index (χ4v) is 3.30. The SMILES string of the molecule is O=C([C@@H]1C[C@H](F)CN1C(=O)NCCc1ccccc1)N1CCOCC1. The molecule has 0 radical (unpaired) electrons. The molecule has 3 amide bonds. The molecule has 2 saturated heterocycles. The maximum Gasteiger partial charge on any atom is 0.318 e. The van der Waals surface area contributed by atoms with Crippen molar-refractivity contribution >= 4 is 11.9 Å². The molecule has 2 heterocycles. The monoisotopic (exact) mass is 349 g/mol. The third kappa shape index (κ3) is 4.48. The lowest BCUT2D eigenvalue weighted by Gasteiger charge is -2.32. The zero-order valence-electron chi connectivity index (χ0n) is 14.2. The second-order valence-corrected chi connectivity index (χ2v) is 6.41. The van der Waals surface area contributed by atoms with E-state index in [1.807, 2.05) is 30.3 Å². The second-order valence-electron chi connectivity index (χ2n) is 6.41. The van der Waals surface area contributed by atoms with Crippen molar-refractivity contribution in [2.45, 2.75) is 25.1 Å². The number of halogens is 1. The van der Waals surface area contributed by atoms with Gasteiger partial charge in [-0.15, -0.1) is 0 Å². The minimum Gasteiger partial charge on any atom is -0.378 e. The summed E-state index contributed by atoms with van der Waals surface area (Å²) < 4.78 is 19.1. The Morgan fingerprint density at radius 2 is 1.92 bits per heavy atom. The van der Waals surface area contributed by atoms with Gasteiger partial charge in [-0.05, 0) is 12.0 Å². The molecule has 1 aromatic carbocycles. The van der Waals surface area contributed by atoms with Crippen molar-refractivity contribution in [1.82, 2.24) is 15.1 Å². The molecule has 2 aliphatic heterocycles. The zero-order chi connectivity index (χ0) is 17.6. The molecule has 0 unspecified atom stereocenters. The molecule has 0 bridgehead atoms. The van der Waals surface area contributed by atoms with Crippen molar-refractivity contribution in [2.24, 2.45) is 0 Å². The van der Waals surface area contributed by atoms with Crippen molar-refractivity contribution in [2.75, 3.05) is 39.4 Å². The fraction of sp³-hybridized carbons (Fsp3) is 0.556. The van der Waals surface area contributed by atoms with Gasteiger partial charge in [-0.2, -0.15) is 0 Å². The molecule has 25 heavy (non-hydrogen) atoms. The minimum atomic E-state index is -1.16. The highest BCUT2D eigenvalue weighted by molar-refractivity contribution is 5.88. The molecular formula is C18H24FN3O3. The predicted octanol–water partition coefficient (Wildman–Crippen LogP) is 1.21. The van der Waals surface area contributed by atoms with E-state index in [0.717, 1.165) is 5.56 Å². The first-order valence-electron chi connectivity index (χ1n) is 8.74. The van der Waals surface area contributed by atoms with E-state index < -0.39 is 12.2 Å². The average molecular weight is 349 g/mol. The Morgan fingerprint density at radius 1 is 1.20 bits per heavy atom. The molecule has 136 valence electrons. The van der Waals surface area contributed by atoms with E-state index in [2.05, 4.69) is 5.32 Å². The fourth-order valence-electron chi connectivity index (χ4n) is 3.30. The van der Waals surface area contributed by atoms with Crippen molar-refractivity contribution in [1.29, 1.82) is 0 Å². The first-order chi connectivity index (χ1) is 12.1. The number of carbonyl (C=O) groups is 2. The number of nitrogens with zero attached hydrogens (tertiary/aromatic N) is 2. The quantitative estimate of drug-likeness (QED) is 0.889. The molecule has 2 atom stereocenters. The van der Waals surface area contributed by atoms with E-state index in [0.29, 0.717) is 39.3 Å². The molecule has 2 fully saturated rings. The zero-order valence-corrected chi connectivity index (χ0v) is 14.2. The Morgan fingerprint density at radius 3 is 2.64 bits per heavy atom. The van der Waals surface area contributed by atoms with Gasteiger partial charge >= 0.3 is 6.03 Å². The maximum atomic E-state index is 13.9. The van der Waals surface area contributed by atoms with E-state index in [1.165, 1.54) is 4.90 Å². The molecule has 0 saturated carbocycles. The number of nitrogens with one attached hydrogen (secondary N) is 1. The summed E-state index contributed by atoms with van der Waals surface area (Å²) in [7, 11) is 0. The van der Waals surface area contributed by atoms with Gasteiger partial charge in [0.25, 0.3) is 0 Å². The van der Waals surface area contributed by atoms with Gasteiger partial charge in [0.15, 0.2) is 0 Å². The smallest absolute Gasteiger partial charge is 0.318 e. The summed E-state index contributed by atoms with van der Waals surface area (Å²) in [6.45, 7) is 2.39. The summed E-state index contributed by atoms with van der Waals surface area (Å²) in [5.41, 5.74) is 1.12. The van der Waals surface area contributed by atoms with Crippen LogP contribution in [0.25, 0.3) is 0 Å². The lowest BCUT2D eigenvalue weighted by atomic mass is 10.1. The largest absolute Gasteiger partial charge is 0.378 e. The molecule has 2 aliphatic rings. The minimum absolute atomic E-state index is 0.0298. The van der Waals surface area contributed by atoms with Crippen molar-refractivity contribution in [3.8, 4) is 0 Å². The van der Waals surface area contributed by atoms with E-state index >= 15 is 0 Å². The highest BCUT2D eigenvalue weighted by Gasteiger charge is 2.41. The number of urea groups is 1. The highest BCUT2D eigenvalue weighted by atomic mass is 19.1. The van der Waals surface area contributed by atoms with Gasteiger partial charge in [0.1, 0.15) is 12.2 Å². The van der Waals surface area contributed by atoms with Gasteiger partial charge in [-0.3, -0.25) is 4.79 Å². The maximum absolute atomic E-state index is 13.9. The number of rotatable bonds is 4. The van der Waals surface area contributed by atoms with Gasteiger partial charge in [0, 0.05) is 26.1 Å². The predicted molar refractivity (Wildman–Crippen MR) is 91.0 cm³/mol. The van der Waals surface area contributed by atoms with Crippen LogP contribution in [0.1, 0.15) is 12.0 Å². The topological polar surface area (TPSA) is 61.9 Å². The van der Waals surface area contributed by atoms with E-state index in [4.69, 9.17) is 4.74 Å². The Labute approximate surface area is 146 Å². The Kier molecular flexibility index (Phi) is 5.86. The molecule has 0 aromatic heterocycles. The summed E-state index contributed by atoms with van der Waals surface area (Å²) >= 11 is 0. The van der Waals surface area contributed by atoms with Crippen molar-refractivity contribution in [3.05, 3.63) is 35.9 Å². The van der Waals surface area contributed by atoms with Gasteiger partial charge in [-0.25, -0.2) is 9.18 Å². The highest BCUT2D eigenvalue weighted by Crippen LogP contribution is 2.22. The third-order valence-corrected chi connectivity index (χ3v) is 4.65. The van der Waals surface area contributed by atoms with Gasteiger partial charge in [-0.1, -0.05) is 30.3 Å². The second kappa shape index (κ2) is 8.29. The van der Waals surface area contributed by atoms with Crippen LogP contribution in [-0.2, 0) is 16.0 Å². The number of alkyl halides is 1. The average Bonchev–Trinajstić information content (AvgIpc) is 3.04. The van der Waals surface area contributed by atoms with Crippen LogP contribution in [-0.4, -0.2) is 73.3 Å². The summed E-state index contributed by atoms with van der Waals surface area (Å²) in [5.74, 6) is -0.179. The van der Waals surface area contributed by atoms with E-state index in [-0.39, 0.29) is 24.9 Å². The standard InChI is InChI=1S/C18H24FN3O3/c19-15-12-16(17(23)21-8-10-25-11-9-21)22(13-15)18(24)20-7-6-14-4-2-1-3-5-14/h1-5,15-16H,6-13H2,(H,20,24)/t15-,16-/m0/s1. The van der Waals surface area contributed by atoms with Gasteiger partial charge in [0.05, 0.1) is 19.8 Å². The number of morpholine rings is 1. The van der Waals surface area contributed by atoms with Gasteiger partial charge in [0.2, 0.25) is 5.91 Å². The molecule has 1 aromatic rings. The number of benzene rings is 1. The lowest BCUT2D eigenvalue weighted by molar-refractivity contribution is -0.139. The van der Waals surface area contributed by atoms with Crippen molar-refractivity contribution < 1.29 is 18.7 Å². The molecule has 0 spiro atoms. The Balaban J connectivity index is 1.54. The summed E-state index contributed by atoms with van der Waals surface area (Å²) in [6.07, 6.45) is -0.390. The number of hydrogen-bond donors (Lipinski definition) is 1. The van der Waals surface area contributed by atoms with Crippen LogP contribution in [0.4, 0.5) is 9.18 Å². The van der Waals surface area contributed by atoms with Crippen LogP contribution < -0.4 is 5.32 Å². The van der Waals surface area contributed by atoms with Crippen LogP contribution in [0.15, 0.2) is 30.3 Å². The third-order valence-electron chi connectivity index (χ3n) is 4.65. The van der Waals surface area contributed by atoms with Crippen molar-refractivity contribution in [3.63, 3.8) is 0 Å². The summed E-state index contributed by atoms with van der Waals surface area (Å²) in [5, 5.41) is 2.81. The molecule has 0 aliphatic carbocycles. The van der Waals surface area contributed by atoms with Crippen LogP contribution in [0.2, 0.25) is 0 Å². The lowest BCUT2D eigenvalue weighted by Crippen LogP contribution is -2.53. The first-order valence-corrected chi connectivity index (χ1v) is 8.74. The number of ether oxygens (including phenoxy) is 1. The summed E-state index contributed by atoms with van der Waals surface area (Å²) in [6, 6.07) is 8.72.